The number of benzene rings is 1. The largest absolute Gasteiger partial charge is 0.393 e. The molecule has 2 aliphatic rings. The molecule has 2 saturated heterocycles. The smallest absolute Gasteiger partial charge is 0.167 e. The van der Waals surface area contributed by atoms with Crippen molar-refractivity contribution < 1.29 is 14.9 Å². The Kier molecular flexibility index (Phi) is 4.47. The van der Waals surface area contributed by atoms with Crippen LogP contribution in [-0.2, 0) is 11.3 Å². The maximum absolute atomic E-state index is 10.5. The van der Waals surface area contributed by atoms with Crippen molar-refractivity contribution in [2.75, 3.05) is 18.5 Å². The summed E-state index contributed by atoms with van der Waals surface area (Å²) in [6.07, 6.45) is 1.83. The van der Waals surface area contributed by atoms with E-state index in [9.17, 15) is 10.2 Å². The zero-order valence-corrected chi connectivity index (χ0v) is 16.9. The van der Waals surface area contributed by atoms with E-state index in [1.807, 2.05) is 12.1 Å². The highest BCUT2D eigenvalue weighted by molar-refractivity contribution is 14.1. The number of halogens is 1. The molecule has 0 aliphatic carbocycles. The van der Waals surface area contributed by atoms with Gasteiger partial charge in [0.2, 0.25) is 0 Å². The summed E-state index contributed by atoms with van der Waals surface area (Å²) in [6, 6.07) is 7.89. The second-order valence-corrected chi connectivity index (χ2v) is 8.36. The number of ether oxygens (including phenoxy) is 1. The molecule has 5 rings (SSSR count). The van der Waals surface area contributed by atoms with Crippen LogP contribution < -0.4 is 10.6 Å². The van der Waals surface area contributed by atoms with Crippen molar-refractivity contribution in [2.24, 2.45) is 0 Å². The van der Waals surface area contributed by atoms with Crippen molar-refractivity contribution in [3.05, 3.63) is 46.1 Å². The Morgan fingerprint density at radius 1 is 1.36 bits per heavy atom. The fourth-order valence-electron chi connectivity index (χ4n) is 3.93. The van der Waals surface area contributed by atoms with Crippen molar-refractivity contribution in [1.82, 2.24) is 24.8 Å². The van der Waals surface area contributed by atoms with Gasteiger partial charge in [0.05, 0.1) is 19.0 Å². The minimum absolute atomic E-state index is 0.252. The van der Waals surface area contributed by atoms with Crippen LogP contribution in [0.25, 0.3) is 11.2 Å². The van der Waals surface area contributed by atoms with Crippen LogP contribution in [-0.4, -0.2) is 60.6 Å². The third kappa shape index (κ3) is 2.78. The molecule has 2 bridgehead atoms. The van der Waals surface area contributed by atoms with Crippen LogP contribution in [0.2, 0.25) is 0 Å². The number of fused-ring (bicyclic) bond motifs is 3. The molecule has 10 heteroatoms. The molecule has 1 aromatic carbocycles. The first-order valence-corrected chi connectivity index (χ1v) is 10.1. The molecule has 0 amide bonds. The highest BCUT2D eigenvalue weighted by Crippen LogP contribution is 2.42. The van der Waals surface area contributed by atoms with E-state index in [1.165, 1.54) is 9.90 Å². The van der Waals surface area contributed by atoms with Crippen LogP contribution in [0.5, 0.6) is 0 Å². The van der Waals surface area contributed by atoms with Gasteiger partial charge in [-0.15, -0.1) is 0 Å². The van der Waals surface area contributed by atoms with Crippen LogP contribution >= 0.6 is 22.6 Å². The van der Waals surface area contributed by atoms with Gasteiger partial charge < -0.3 is 25.6 Å². The van der Waals surface area contributed by atoms with Crippen molar-refractivity contribution in [1.29, 1.82) is 0 Å². The predicted molar refractivity (Wildman–Crippen MR) is 110 cm³/mol. The average molecular weight is 494 g/mol. The van der Waals surface area contributed by atoms with Crippen LogP contribution in [0.3, 0.4) is 0 Å². The maximum Gasteiger partial charge on any atom is 0.167 e. The number of aliphatic hydroxyl groups excluding tert-OH is 2. The lowest BCUT2D eigenvalue weighted by atomic mass is 10.0. The highest BCUT2D eigenvalue weighted by Gasteiger charge is 2.60. The summed E-state index contributed by atoms with van der Waals surface area (Å²) >= 11 is 2.29. The van der Waals surface area contributed by atoms with Gasteiger partial charge in [0.25, 0.3) is 0 Å². The Bertz CT molecular complexity index is 1030. The highest BCUT2D eigenvalue weighted by atomic mass is 127. The van der Waals surface area contributed by atoms with Crippen LogP contribution in [0.1, 0.15) is 11.8 Å². The summed E-state index contributed by atoms with van der Waals surface area (Å²) in [5.74, 6) is 0.635. The molecule has 4 heterocycles. The van der Waals surface area contributed by atoms with E-state index >= 15 is 0 Å². The lowest BCUT2D eigenvalue weighted by Crippen LogP contribution is -2.46. The molecule has 28 heavy (non-hydrogen) atoms. The van der Waals surface area contributed by atoms with Crippen molar-refractivity contribution >= 4 is 39.6 Å². The Labute approximate surface area is 174 Å². The van der Waals surface area contributed by atoms with Gasteiger partial charge >= 0.3 is 0 Å². The van der Waals surface area contributed by atoms with E-state index in [4.69, 9.17) is 4.74 Å². The second-order valence-electron chi connectivity index (χ2n) is 7.11. The lowest BCUT2D eigenvalue weighted by Gasteiger charge is -2.30. The molecular weight excluding hydrogens is 475 g/mol. The lowest BCUT2D eigenvalue weighted by molar-refractivity contribution is -0.130. The standard InChI is InChI=1S/C18H19IN6O3/c19-11-3-1-2-10(4-11)5-20-15-13-16(23-8-22-15)25(9-24-13)17-12-14(27)18(7-26,28-17)6-21-12/h1-4,8-9,12,14,17,21,26-27H,5-7H2,(H,20,22,23)/t12-,14?,17+,18+/m0/s1. The van der Waals surface area contributed by atoms with E-state index in [1.54, 1.807) is 10.9 Å². The van der Waals surface area contributed by atoms with Crippen LogP contribution in [0, 0.1) is 3.57 Å². The fourth-order valence-corrected chi connectivity index (χ4v) is 4.54. The number of nitrogens with zero attached hydrogens (tertiary/aromatic N) is 4. The van der Waals surface area contributed by atoms with E-state index in [0.717, 1.165) is 5.56 Å². The number of rotatable bonds is 5. The number of morpholine rings is 1. The number of nitrogens with one attached hydrogen (secondary N) is 2. The molecule has 4 atom stereocenters. The molecule has 146 valence electrons. The Morgan fingerprint density at radius 2 is 2.25 bits per heavy atom. The average Bonchev–Trinajstić information content (AvgIpc) is 3.36. The third-order valence-corrected chi connectivity index (χ3v) is 6.10. The van der Waals surface area contributed by atoms with Gasteiger partial charge in [-0.3, -0.25) is 4.57 Å². The Morgan fingerprint density at radius 3 is 3.04 bits per heavy atom. The molecule has 1 unspecified atom stereocenters. The second kappa shape index (κ2) is 6.88. The zero-order valence-electron chi connectivity index (χ0n) is 14.8. The van der Waals surface area contributed by atoms with Crippen molar-refractivity contribution in [3.8, 4) is 0 Å². The zero-order chi connectivity index (χ0) is 19.3. The number of imidazole rings is 1. The molecular formula is C18H19IN6O3. The minimum atomic E-state index is -0.982. The summed E-state index contributed by atoms with van der Waals surface area (Å²) in [7, 11) is 0. The van der Waals surface area contributed by atoms with Crippen molar-refractivity contribution in [3.63, 3.8) is 0 Å². The van der Waals surface area contributed by atoms with Gasteiger partial charge in [0.1, 0.15) is 18.0 Å². The van der Waals surface area contributed by atoms with E-state index in [-0.39, 0.29) is 12.6 Å². The first kappa shape index (κ1) is 18.2. The van der Waals surface area contributed by atoms with E-state index in [0.29, 0.717) is 30.1 Å². The summed E-state index contributed by atoms with van der Waals surface area (Å²) in [4.78, 5) is 13.2. The van der Waals surface area contributed by atoms with Gasteiger partial charge in [-0.2, -0.15) is 0 Å². The van der Waals surface area contributed by atoms with Gasteiger partial charge in [-0.1, -0.05) is 12.1 Å². The number of aliphatic hydroxyl groups is 2. The fraction of sp³-hybridized carbons (Fsp3) is 0.389. The molecule has 9 nitrogen and oxygen atoms in total. The summed E-state index contributed by atoms with van der Waals surface area (Å²) in [5, 5.41) is 26.7. The molecule has 3 aromatic rings. The van der Waals surface area contributed by atoms with Crippen LogP contribution in [0.15, 0.2) is 36.9 Å². The summed E-state index contributed by atoms with van der Waals surface area (Å²) in [5.41, 5.74) is 1.41. The molecule has 0 saturated carbocycles. The Balaban J connectivity index is 1.43. The predicted octanol–water partition coefficient (Wildman–Crippen LogP) is 0.636. The van der Waals surface area contributed by atoms with Gasteiger partial charge in [-0.25, -0.2) is 15.0 Å². The van der Waals surface area contributed by atoms with Crippen molar-refractivity contribution in [2.45, 2.75) is 30.5 Å². The minimum Gasteiger partial charge on any atom is -0.393 e. The van der Waals surface area contributed by atoms with Gasteiger partial charge in [0.15, 0.2) is 23.2 Å². The molecule has 2 fully saturated rings. The molecule has 2 aromatic heterocycles. The van der Waals surface area contributed by atoms with Gasteiger partial charge in [-0.05, 0) is 40.3 Å². The number of hydrogen-bond acceptors (Lipinski definition) is 8. The SMILES string of the molecule is OC[C@]12CN[C@@H](C1O)[C@H](n1cnc3c(NCc4cccc(I)c4)ncnc31)O2. The first-order chi connectivity index (χ1) is 13.6. The first-order valence-electron chi connectivity index (χ1n) is 8.97. The van der Waals surface area contributed by atoms with Crippen LogP contribution in [0.4, 0.5) is 5.82 Å². The molecule has 0 radical (unpaired) electrons. The third-order valence-electron chi connectivity index (χ3n) is 5.43. The van der Waals surface area contributed by atoms with E-state index in [2.05, 4.69) is 60.3 Å². The Hall–Kier alpha value is -1.86. The maximum atomic E-state index is 10.5. The molecule has 2 aliphatic heterocycles. The van der Waals surface area contributed by atoms with E-state index < -0.39 is 17.9 Å². The molecule has 4 N–H and O–H groups in total. The number of hydrogen-bond donors (Lipinski definition) is 4. The monoisotopic (exact) mass is 494 g/mol. The number of anilines is 1. The quantitative estimate of drug-likeness (QED) is 0.382. The summed E-state index contributed by atoms with van der Waals surface area (Å²) < 4.78 is 8.98. The normalized spacial score (nSPS) is 28.9. The topological polar surface area (TPSA) is 117 Å². The molecule has 0 spiro atoms. The van der Waals surface area contributed by atoms with Gasteiger partial charge in [0, 0.05) is 16.7 Å². The number of aromatic nitrogens is 4. The summed E-state index contributed by atoms with van der Waals surface area (Å²) in [6.45, 7) is 0.779.